The van der Waals surface area contributed by atoms with Crippen LogP contribution in [-0.4, -0.2) is 12.3 Å². The molecule has 1 aliphatic heterocycles. The summed E-state index contributed by atoms with van der Waals surface area (Å²) in [5, 5.41) is 0. The van der Waals surface area contributed by atoms with Crippen molar-refractivity contribution in [2.45, 2.75) is 7.43 Å². The summed E-state index contributed by atoms with van der Waals surface area (Å²) in [6.45, 7) is 0. The van der Waals surface area contributed by atoms with Crippen molar-refractivity contribution >= 4 is 12.3 Å². The molecule has 0 aromatic carbocycles. The molecule has 1 saturated heterocycles. The summed E-state index contributed by atoms with van der Waals surface area (Å²) in [6.07, 6.45) is -1.83. The number of hydrogen-bond acceptors (Lipinski definition) is 4. The van der Waals surface area contributed by atoms with Gasteiger partial charge in [-0.15, -0.1) is 0 Å². The van der Waals surface area contributed by atoms with Crippen LogP contribution in [-0.2, 0) is 9.47 Å². The first-order chi connectivity index (χ1) is 2.79. The summed E-state index contributed by atoms with van der Waals surface area (Å²) in [4.78, 5) is 18.9. The second-order valence-corrected chi connectivity index (χ2v) is 0.704. The largest absolute Gasteiger partial charge is 0.528 e. The Balaban J connectivity index is 0.000000360. The van der Waals surface area contributed by atoms with Crippen LogP contribution in [0.5, 0.6) is 0 Å². The second kappa shape index (κ2) is 1.59. The van der Waals surface area contributed by atoms with Gasteiger partial charge in [0.25, 0.3) is 0 Å². The molecule has 1 heterocycles. The smallest absolute Gasteiger partial charge is 0.327 e. The molecule has 0 aliphatic carbocycles. The van der Waals surface area contributed by atoms with Crippen LogP contribution in [0.3, 0.4) is 0 Å². The standard InChI is InChI=1S/C2O4.CH4/c3-1-5-2(4)6-1;/h;1H4. The molecule has 1 fully saturated rings. The van der Waals surface area contributed by atoms with Crippen LogP contribution in [0.15, 0.2) is 0 Å². The molecule has 0 saturated carbocycles. The van der Waals surface area contributed by atoms with E-state index < -0.39 is 12.3 Å². The Morgan fingerprint density at radius 2 is 1.29 bits per heavy atom. The molecule has 1 aliphatic rings. The molecule has 40 valence electrons. The fourth-order valence-electron chi connectivity index (χ4n) is 0.144. The highest BCUT2D eigenvalue weighted by atomic mass is 16.9. The number of carbonyl (C=O) groups excluding carboxylic acids is 2. The van der Waals surface area contributed by atoms with Crippen LogP contribution < -0.4 is 0 Å². The highest BCUT2D eigenvalue weighted by Crippen LogP contribution is 2.00. The summed E-state index contributed by atoms with van der Waals surface area (Å²) in [7, 11) is 0. The zero-order valence-electron chi connectivity index (χ0n) is 2.63. The Kier molecular flexibility index (Phi) is 1.35. The molecule has 0 aromatic rings. The van der Waals surface area contributed by atoms with E-state index in [9.17, 15) is 9.59 Å². The lowest BCUT2D eigenvalue weighted by atomic mass is 11.1. The topological polar surface area (TPSA) is 52.6 Å². The molecular formula is C3H4O4. The zero-order valence-corrected chi connectivity index (χ0v) is 2.63. The van der Waals surface area contributed by atoms with E-state index >= 15 is 0 Å². The van der Waals surface area contributed by atoms with Gasteiger partial charge in [0, 0.05) is 0 Å². The SMILES string of the molecule is C.O=C1OC(=O)O1. The minimum Gasteiger partial charge on any atom is -0.327 e. The summed E-state index contributed by atoms with van der Waals surface area (Å²) in [5.74, 6) is 0. The van der Waals surface area contributed by atoms with E-state index in [4.69, 9.17) is 0 Å². The van der Waals surface area contributed by atoms with Gasteiger partial charge in [-0.3, -0.25) is 0 Å². The first kappa shape index (κ1) is 5.94. The van der Waals surface area contributed by atoms with Gasteiger partial charge >= 0.3 is 12.3 Å². The highest BCUT2D eigenvalue weighted by molar-refractivity contribution is 5.93. The third kappa shape index (κ3) is 0.887. The van der Waals surface area contributed by atoms with E-state index in [0.717, 1.165) is 0 Å². The van der Waals surface area contributed by atoms with E-state index in [0.29, 0.717) is 0 Å². The van der Waals surface area contributed by atoms with Crippen molar-refractivity contribution in [3.8, 4) is 0 Å². The number of hydrogen-bond donors (Lipinski definition) is 0. The normalized spacial score (nSPS) is 15.4. The van der Waals surface area contributed by atoms with Crippen molar-refractivity contribution in [1.82, 2.24) is 0 Å². The molecule has 0 atom stereocenters. The maximum atomic E-state index is 9.44. The Morgan fingerprint density at radius 3 is 1.29 bits per heavy atom. The Morgan fingerprint density at radius 1 is 1.00 bits per heavy atom. The van der Waals surface area contributed by atoms with Gasteiger partial charge in [-0.1, -0.05) is 7.43 Å². The highest BCUT2D eigenvalue weighted by Gasteiger charge is 2.27. The molecule has 0 unspecified atom stereocenters. The predicted molar refractivity (Wildman–Crippen MR) is 19.7 cm³/mol. The molecular weight excluding hydrogens is 100 g/mol. The minimum absolute atomic E-state index is 0. The summed E-state index contributed by atoms with van der Waals surface area (Å²) in [6, 6.07) is 0. The first-order valence-electron chi connectivity index (χ1n) is 1.22. The van der Waals surface area contributed by atoms with Gasteiger partial charge in [0.05, 0.1) is 0 Å². The number of ether oxygens (including phenoxy) is 2. The van der Waals surface area contributed by atoms with Gasteiger partial charge in [0.2, 0.25) is 0 Å². The van der Waals surface area contributed by atoms with Crippen molar-refractivity contribution in [1.29, 1.82) is 0 Å². The van der Waals surface area contributed by atoms with Crippen LogP contribution in [0, 0.1) is 0 Å². The van der Waals surface area contributed by atoms with Gasteiger partial charge in [0.1, 0.15) is 0 Å². The van der Waals surface area contributed by atoms with E-state index in [2.05, 4.69) is 9.47 Å². The molecule has 0 N–H and O–H groups in total. The van der Waals surface area contributed by atoms with E-state index in [1.165, 1.54) is 0 Å². The Hall–Kier alpha value is -1.06. The predicted octanol–water partition coefficient (Wildman–Crippen LogP) is 0.909. The van der Waals surface area contributed by atoms with E-state index in [1.54, 1.807) is 0 Å². The van der Waals surface area contributed by atoms with Crippen molar-refractivity contribution < 1.29 is 19.1 Å². The average molecular weight is 104 g/mol. The number of carbonyl (C=O) groups is 2. The quantitative estimate of drug-likeness (QED) is 0.338. The van der Waals surface area contributed by atoms with Gasteiger partial charge in [-0.25, -0.2) is 9.59 Å². The molecule has 0 bridgehead atoms. The molecule has 0 amide bonds. The van der Waals surface area contributed by atoms with Gasteiger partial charge < -0.3 is 9.47 Å². The van der Waals surface area contributed by atoms with Crippen molar-refractivity contribution in [2.75, 3.05) is 0 Å². The van der Waals surface area contributed by atoms with Crippen LogP contribution in [0.1, 0.15) is 7.43 Å². The second-order valence-electron chi connectivity index (χ2n) is 0.704. The van der Waals surface area contributed by atoms with Crippen molar-refractivity contribution in [3.05, 3.63) is 0 Å². The van der Waals surface area contributed by atoms with Crippen LogP contribution >= 0.6 is 0 Å². The lowest BCUT2D eigenvalue weighted by molar-refractivity contribution is 0.00679. The summed E-state index contributed by atoms with van der Waals surface area (Å²) in [5.41, 5.74) is 0. The lowest BCUT2D eigenvalue weighted by Gasteiger charge is -2.05. The van der Waals surface area contributed by atoms with Gasteiger partial charge in [-0.05, 0) is 0 Å². The summed E-state index contributed by atoms with van der Waals surface area (Å²) >= 11 is 0. The number of rotatable bonds is 0. The maximum Gasteiger partial charge on any atom is 0.528 e. The third-order valence-corrected chi connectivity index (χ3v) is 0.333. The Labute approximate surface area is 40.0 Å². The van der Waals surface area contributed by atoms with Crippen LogP contribution in [0.4, 0.5) is 9.59 Å². The Bertz CT molecular complexity index is 83.5. The number of cyclic esters (lactones) is 4. The molecule has 4 nitrogen and oxygen atoms in total. The van der Waals surface area contributed by atoms with E-state index in [-0.39, 0.29) is 7.43 Å². The lowest BCUT2D eigenvalue weighted by Crippen LogP contribution is -2.27. The third-order valence-electron chi connectivity index (χ3n) is 0.333. The fraction of sp³-hybridized carbons (Fsp3) is 0.333. The van der Waals surface area contributed by atoms with Crippen LogP contribution in [0.25, 0.3) is 0 Å². The first-order valence-corrected chi connectivity index (χ1v) is 1.22. The minimum atomic E-state index is -0.917. The monoisotopic (exact) mass is 104 g/mol. The maximum absolute atomic E-state index is 9.44. The van der Waals surface area contributed by atoms with Crippen molar-refractivity contribution in [2.24, 2.45) is 0 Å². The molecule has 0 aromatic heterocycles. The van der Waals surface area contributed by atoms with Gasteiger partial charge in [0.15, 0.2) is 0 Å². The zero-order chi connectivity index (χ0) is 4.57. The van der Waals surface area contributed by atoms with E-state index in [1.807, 2.05) is 0 Å². The molecule has 0 radical (unpaired) electrons. The average Bonchev–Trinajstić information content (AvgIpc) is 1.33. The summed E-state index contributed by atoms with van der Waals surface area (Å²) < 4.78 is 7.28. The molecule has 1 rings (SSSR count). The van der Waals surface area contributed by atoms with Crippen molar-refractivity contribution in [3.63, 3.8) is 0 Å². The fourth-order valence-corrected chi connectivity index (χ4v) is 0.144. The van der Waals surface area contributed by atoms with Gasteiger partial charge in [-0.2, -0.15) is 0 Å². The molecule has 0 spiro atoms. The molecule has 7 heavy (non-hydrogen) atoms. The molecule has 4 heteroatoms. The van der Waals surface area contributed by atoms with Crippen LogP contribution in [0.2, 0.25) is 0 Å².